The maximum absolute atomic E-state index is 13.2. The van der Waals surface area contributed by atoms with Crippen molar-refractivity contribution in [2.45, 2.75) is 56.2 Å². The van der Waals surface area contributed by atoms with Gasteiger partial charge in [0.2, 0.25) is 21.8 Å². The summed E-state index contributed by atoms with van der Waals surface area (Å²) in [4.78, 5) is 25.5. The Morgan fingerprint density at radius 3 is 2.67 bits per heavy atom. The molecule has 2 aromatic rings. The van der Waals surface area contributed by atoms with Crippen LogP contribution in [0.15, 0.2) is 47.4 Å². The number of carbonyl (C=O) groups excluding carboxylic acids is 2. The SMILES string of the molecule is Cc1ccc(S(=O)(=O)N2CCNC(=O)[C@H]2CC(=O)N[C@@H]2CCc3ccc(CO)cc3C2)cc1. The first kappa shape index (κ1) is 23.4. The molecule has 0 saturated carbocycles. The van der Waals surface area contributed by atoms with Crippen molar-refractivity contribution in [3.05, 3.63) is 64.7 Å². The lowest BCUT2D eigenvalue weighted by atomic mass is 9.87. The van der Waals surface area contributed by atoms with Crippen molar-refractivity contribution in [2.24, 2.45) is 0 Å². The van der Waals surface area contributed by atoms with E-state index in [1.165, 1.54) is 17.7 Å². The molecule has 2 aliphatic rings. The van der Waals surface area contributed by atoms with Gasteiger partial charge in [-0.25, -0.2) is 8.42 Å². The van der Waals surface area contributed by atoms with Crippen LogP contribution < -0.4 is 10.6 Å². The zero-order chi connectivity index (χ0) is 23.6. The number of carbonyl (C=O) groups is 2. The third-order valence-electron chi connectivity index (χ3n) is 6.33. The van der Waals surface area contributed by atoms with Crippen LogP contribution in [0, 0.1) is 6.92 Å². The Balaban J connectivity index is 1.46. The molecule has 0 bridgehead atoms. The van der Waals surface area contributed by atoms with Gasteiger partial charge in [-0.2, -0.15) is 4.31 Å². The minimum absolute atomic E-state index is 0.0353. The molecule has 2 aromatic carbocycles. The average molecular weight is 472 g/mol. The first-order valence-corrected chi connectivity index (χ1v) is 12.6. The van der Waals surface area contributed by atoms with Gasteiger partial charge < -0.3 is 15.7 Å². The Labute approximate surface area is 194 Å². The second kappa shape index (κ2) is 9.62. The summed E-state index contributed by atoms with van der Waals surface area (Å²) >= 11 is 0. The van der Waals surface area contributed by atoms with Crippen molar-refractivity contribution < 1.29 is 23.1 Å². The number of hydrogen-bond acceptors (Lipinski definition) is 5. The van der Waals surface area contributed by atoms with E-state index in [1.807, 2.05) is 25.1 Å². The van der Waals surface area contributed by atoms with E-state index >= 15 is 0 Å². The minimum atomic E-state index is -3.92. The number of hydrogen-bond donors (Lipinski definition) is 3. The number of fused-ring (bicyclic) bond motifs is 1. The second-order valence-electron chi connectivity index (χ2n) is 8.71. The predicted molar refractivity (Wildman–Crippen MR) is 123 cm³/mol. The molecule has 0 radical (unpaired) electrons. The Morgan fingerprint density at radius 1 is 1.18 bits per heavy atom. The molecule has 0 unspecified atom stereocenters. The van der Waals surface area contributed by atoms with E-state index in [0.717, 1.165) is 33.8 Å². The highest BCUT2D eigenvalue weighted by Crippen LogP contribution is 2.24. The number of rotatable bonds is 6. The number of amides is 2. The van der Waals surface area contributed by atoms with Gasteiger partial charge in [0.05, 0.1) is 17.9 Å². The van der Waals surface area contributed by atoms with Crippen molar-refractivity contribution in [1.82, 2.24) is 14.9 Å². The minimum Gasteiger partial charge on any atom is -0.392 e. The quantitative estimate of drug-likeness (QED) is 0.582. The molecular formula is C24H29N3O5S. The lowest BCUT2D eigenvalue weighted by Gasteiger charge is -2.34. The smallest absolute Gasteiger partial charge is 0.243 e. The molecule has 1 heterocycles. The Kier molecular flexibility index (Phi) is 6.83. The predicted octanol–water partition coefficient (Wildman–Crippen LogP) is 1.04. The van der Waals surface area contributed by atoms with Crippen LogP contribution >= 0.6 is 0 Å². The van der Waals surface area contributed by atoms with Gasteiger partial charge in [-0.3, -0.25) is 9.59 Å². The molecule has 1 saturated heterocycles. The van der Waals surface area contributed by atoms with Gasteiger partial charge in [-0.1, -0.05) is 35.9 Å². The number of aliphatic hydroxyl groups excluding tert-OH is 1. The molecular weight excluding hydrogens is 442 g/mol. The van der Waals surface area contributed by atoms with Gasteiger partial charge in [0.25, 0.3) is 0 Å². The van der Waals surface area contributed by atoms with E-state index in [1.54, 1.807) is 12.1 Å². The van der Waals surface area contributed by atoms with Crippen molar-refractivity contribution in [3.8, 4) is 0 Å². The van der Waals surface area contributed by atoms with E-state index in [9.17, 15) is 23.1 Å². The monoisotopic (exact) mass is 471 g/mol. The van der Waals surface area contributed by atoms with Crippen LogP contribution in [0.2, 0.25) is 0 Å². The zero-order valence-corrected chi connectivity index (χ0v) is 19.4. The summed E-state index contributed by atoms with van der Waals surface area (Å²) in [5.74, 6) is -0.818. The number of sulfonamides is 1. The van der Waals surface area contributed by atoms with Gasteiger partial charge in [-0.05, 0) is 55.0 Å². The fraction of sp³-hybridized carbons (Fsp3) is 0.417. The molecule has 9 heteroatoms. The second-order valence-corrected chi connectivity index (χ2v) is 10.6. The molecule has 1 aliphatic carbocycles. The van der Waals surface area contributed by atoms with Crippen molar-refractivity contribution in [1.29, 1.82) is 0 Å². The van der Waals surface area contributed by atoms with Gasteiger partial charge in [0.1, 0.15) is 6.04 Å². The lowest BCUT2D eigenvalue weighted by Crippen LogP contribution is -2.58. The number of nitrogens with zero attached hydrogens (tertiary/aromatic N) is 1. The van der Waals surface area contributed by atoms with Crippen molar-refractivity contribution in [3.63, 3.8) is 0 Å². The van der Waals surface area contributed by atoms with Gasteiger partial charge in [0.15, 0.2) is 0 Å². The third-order valence-corrected chi connectivity index (χ3v) is 8.26. The van der Waals surface area contributed by atoms with Crippen LogP contribution in [-0.2, 0) is 39.1 Å². The number of aryl methyl sites for hydroxylation is 2. The van der Waals surface area contributed by atoms with Crippen molar-refractivity contribution >= 4 is 21.8 Å². The fourth-order valence-corrected chi connectivity index (χ4v) is 6.10. The highest BCUT2D eigenvalue weighted by atomic mass is 32.2. The molecule has 0 spiro atoms. The third kappa shape index (κ3) is 5.10. The maximum Gasteiger partial charge on any atom is 0.243 e. The molecule has 4 rings (SSSR count). The molecule has 3 N–H and O–H groups in total. The first-order valence-electron chi connectivity index (χ1n) is 11.1. The largest absolute Gasteiger partial charge is 0.392 e. The molecule has 1 aliphatic heterocycles. The van der Waals surface area contributed by atoms with Crippen LogP contribution in [0.5, 0.6) is 0 Å². The molecule has 33 heavy (non-hydrogen) atoms. The van der Waals surface area contributed by atoms with E-state index < -0.39 is 22.0 Å². The van der Waals surface area contributed by atoms with Gasteiger partial charge in [-0.15, -0.1) is 0 Å². The molecule has 176 valence electrons. The van der Waals surface area contributed by atoms with E-state index in [4.69, 9.17) is 0 Å². The van der Waals surface area contributed by atoms with Crippen LogP contribution in [0.25, 0.3) is 0 Å². The fourth-order valence-electron chi connectivity index (χ4n) is 4.52. The zero-order valence-electron chi connectivity index (χ0n) is 18.6. The topological polar surface area (TPSA) is 116 Å². The van der Waals surface area contributed by atoms with Gasteiger partial charge >= 0.3 is 0 Å². The van der Waals surface area contributed by atoms with Gasteiger partial charge in [0, 0.05) is 19.1 Å². The highest BCUT2D eigenvalue weighted by molar-refractivity contribution is 7.89. The summed E-state index contributed by atoms with van der Waals surface area (Å²) < 4.78 is 27.6. The number of piperazine rings is 1. The van der Waals surface area contributed by atoms with Crippen molar-refractivity contribution in [2.75, 3.05) is 13.1 Å². The molecule has 0 aromatic heterocycles. The first-order chi connectivity index (χ1) is 15.8. The van der Waals surface area contributed by atoms with E-state index in [0.29, 0.717) is 6.42 Å². The maximum atomic E-state index is 13.2. The number of benzene rings is 2. The summed E-state index contributed by atoms with van der Waals surface area (Å²) in [5.41, 5.74) is 4.06. The summed E-state index contributed by atoms with van der Waals surface area (Å²) in [7, 11) is -3.92. The molecule has 2 amide bonds. The summed E-state index contributed by atoms with van der Waals surface area (Å²) in [6.45, 7) is 2.15. The summed E-state index contributed by atoms with van der Waals surface area (Å²) in [6.07, 6.45) is 1.97. The number of aliphatic hydroxyl groups is 1. The van der Waals surface area contributed by atoms with Crippen LogP contribution in [0.4, 0.5) is 0 Å². The average Bonchev–Trinajstić information content (AvgIpc) is 2.80. The number of nitrogens with one attached hydrogen (secondary N) is 2. The Bertz CT molecular complexity index is 1150. The molecule has 1 fully saturated rings. The van der Waals surface area contributed by atoms with E-state index in [-0.39, 0.29) is 43.0 Å². The standard InChI is InChI=1S/C24H29N3O5S/c1-16-2-8-21(9-3-16)33(31,32)27-11-10-25-24(30)22(27)14-23(29)26-20-7-6-18-5-4-17(15-28)12-19(18)13-20/h2-5,8-9,12,20,22,28H,6-7,10-11,13-15H2,1H3,(H,25,30)(H,26,29)/t20-,22-/m1/s1. The highest BCUT2D eigenvalue weighted by Gasteiger charge is 2.40. The van der Waals surface area contributed by atoms with Crippen LogP contribution in [-0.4, -0.2) is 54.8 Å². The lowest BCUT2D eigenvalue weighted by molar-refractivity contribution is -0.131. The Morgan fingerprint density at radius 2 is 1.94 bits per heavy atom. The van der Waals surface area contributed by atoms with Crippen LogP contribution in [0.1, 0.15) is 35.1 Å². The van der Waals surface area contributed by atoms with E-state index in [2.05, 4.69) is 10.6 Å². The Hall–Kier alpha value is -2.75. The normalized spacial score (nSPS) is 21.2. The molecule has 8 nitrogen and oxygen atoms in total. The molecule has 2 atom stereocenters. The summed E-state index contributed by atoms with van der Waals surface area (Å²) in [6, 6.07) is 11.1. The van der Waals surface area contributed by atoms with Crippen LogP contribution in [0.3, 0.4) is 0 Å². The summed E-state index contributed by atoms with van der Waals surface area (Å²) in [5, 5.41) is 15.0.